The van der Waals surface area contributed by atoms with Gasteiger partial charge in [0.1, 0.15) is 5.75 Å². The number of anilines is 3. The number of ether oxygens (including phenoxy) is 3. The van der Waals surface area contributed by atoms with Gasteiger partial charge in [-0.2, -0.15) is 0 Å². The Kier molecular flexibility index (Phi) is 4.46. The maximum absolute atomic E-state index is 12.8. The number of rotatable bonds is 4. The van der Waals surface area contributed by atoms with Crippen LogP contribution in [0.1, 0.15) is 12.0 Å². The van der Waals surface area contributed by atoms with Gasteiger partial charge < -0.3 is 30.2 Å². The third-order valence-electron chi connectivity index (χ3n) is 4.92. The minimum absolute atomic E-state index is 0.118. The quantitative estimate of drug-likeness (QED) is 0.786. The highest BCUT2D eigenvalue weighted by molar-refractivity contribution is 6.05. The van der Waals surface area contributed by atoms with Crippen LogP contribution < -0.4 is 30.2 Å². The number of nitrogens with two attached hydrogens (primary N) is 1. The second-order valence-corrected chi connectivity index (χ2v) is 6.86. The van der Waals surface area contributed by atoms with E-state index in [4.69, 9.17) is 19.9 Å². The zero-order valence-electron chi connectivity index (χ0n) is 15.7. The zero-order valence-corrected chi connectivity index (χ0v) is 15.7. The first-order valence-electron chi connectivity index (χ1n) is 8.91. The fourth-order valence-corrected chi connectivity index (χ4v) is 3.43. The average Bonchev–Trinajstić information content (AvgIpc) is 3.28. The number of amides is 2. The Bertz CT molecular complexity index is 959. The van der Waals surface area contributed by atoms with Crippen molar-refractivity contribution in [3.63, 3.8) is 0 Å². The monoisotopic (exact) mass is 383 g/mol. The number of hydrogen-bond acceptors (Lipinski definition) is 6. The van der Waals surface area contributed by atoms with Gasteiger partial charge in [0.25, 0.3) is 0 Å². The Morgan fingerprint density at radius 2 is 2.00 bits per heavy atom. The third-order valence-corrected chi connectivity index (χ3v) is 4.92. The Morgan fingerprint density at radius 1 is 1.25 bits per heavy atom. The summed E-state index contributed by atoms with van der Waals surface area (Å²) < 4.78 is 16.0. The van der Waals surface area contributed by atoms with E-state index in [2.05, 4.69) is 5.32 Å². The number of aryl methyl sites for hydroxylation is 1. The molecule has 3 N–H and O–H groups in total. The van der Waals surface area contributed by atoms with Crippen LogP contribution in [0.15, 0.2) is 30.3 Å². The van der Waals surface area contributed by atoms with Crippen molar-refractivity contribution in [1.29, 1.82) is 0 Å². The molecule has 2 heterocycles. The lowest BCUT2D eigenvalue weighted by Gasteiger charge is -2.20. The van der Waals surface area contributed by atoms with Gasteiger partial charge in [0, 0.05) is 25.1 Å². The highest BCUT2D eigenvalue weighted by Crippen LogP contribution is 2.39. The van der Waals surface area contributed by atoms with Crippen LogP contribution in [-0.4, -0.2) is 32.3 Å². The molecule has 1 saturated heterocycles. The van der Waals surface area contributed by atoms with Crippen molar-refractivity contribution in [1.82, 2.24) is 0 Å². The highest BCUT2D eigenvalue weighted by Gasteiger charge is 2.36. The first-order valence-corrected chi connectivity index (χ1v) is 8.91. The number of nitrogen functional groups attached to an aromatic ring is 1. The number of methoxy groups -OCH3 is 1. The Morgan fingerprint density at radius 3 is 2.75 bits per heavy atom. The van der Waals surface area contributed by atoms with E-state index in [1.165, 1.54) is 0 Å². The fourth-order valence-electron chi connectivity index (χ4n) is 3.43. The summed E-state index contributed by atoms with van der Waals surface area (Å²) in [5.74, 6) is 0.778. The number of benzene rings is 2. The molecule has 0 radical (unpaired) electrons. The van der Waals surface area contributed by atoms with Gasteiger partial charge in [-0.15, -0.1) is 0 Å². The molecule has 1 atom stereocenters. The van der Waals surface area contributed by atoms with E-state index < -0.39 is 5.92 Å². The summed E-state index contributed by atoms with van der Waals surface area (Å²) in [6, 6.07) is 8.86. The molecular formula is C20H21N3O5. The Labute approximate surface area is 162 Å². The van der Waals surface area contributed by atoms with Crippen LogP contribution in [0.4, 0.5) is 17.1 Å². The van der Waals surface area contributed by atoms with Crippen LogP contribution in [0.3, 0.4) is 0 Å². The van der Waals surface area contributed by atoms with Crippen molar-refractivity contribution in [3.05, 3.63) is 35.9 Å². The van der Waals surface area contributed by atoms with E-state index in [-0.39, 0.29) is 31.6 Å². The number of nitrogens with zero attached hydrogens (tertiary/aromatic N) is 1. The van der Waals surface area contributed by atoms with Gasteiger partial charge in [-0.3, -0.25) is 9.59 Å². The fraction of sp³-hybridized carbons (Fsp3) is 0.300. The summed E-state index contributed by atoms with van der Waals surface area (Å²) >= 11 is 0. The molecule has 2 amide bonds. The maximum Gasteiger partial charge on any atom is 0.231 e. The molecule has 0 spiro atoms. The molecule has 0 saturated carbocycles. The summed E-state index contributed by atoms with van der Waals surface area (Å²) in [5.41, 5.74) is 8.48. The Hall–Kier alpha value is -3.42. The van der Waals surface area contributed by atoms with Crippen LogP contribution in [0.2, 0.25) is 0 Å². The molecule has 2 aromatic carbocycles. The molecule has 1 unspecified atom stereocenters. The van der Waals surface area contributed by atoms with E-state index in [9.17, 15) is 9.59 Å². The summed E-state index contributed by atoms with van der Waals surface area (Å²) in [4.78, 5) is 26.9. The van der Waals surface area contributed by atoms with Crippen molar-refractivity contribution >= 4 is 28.9 Å². The third kappa shape index (κ3) is 3.17. The summed E-state index contributed by atoms with van der Waals surface area (Å²) in [6.45, 7) is 2.33. The van der Waals surface area contributed by atoms with E-state index in [1.54, 1.807) is 24.1 Å². The van der Waals surface area contributed by atoms with Crippen molar-refractivity contribution in [2.45, 2.75) is 13.3 Å². The second-order valence-electron chi connectivity index (χ2n) is 6.86. The number of hydrogen-bond donors (Lipinski definition) is 2. The number of carbonyl (C=O) groups is 2. The predicted octanol–water partition coefficient (Wildman–Crippen LogP) is 2.31. The summed E-state index contributed by atoms with van der Waals surface area (Å²) in [5, 5.41) is 2.80. The van der Waals surface area contributed by atoms with Crippen LogP contribution in [0.5, 0.6) is 17.2 Å². The normalized spacial score (nSPS) is 17.7. The number of fused-ring (bicyclic) bond motifs is 1. The summed E-state index contributed by atoms with van der Waals surface area (Å²) in [7, 11) is 1.56. The van der Waals surface area contributed by atoms with E-state index in [0.29, 0.717) is 34.3 Å². The number of nitrogens with one attached hydrogen (secondary N) is 1. The molecule has 0 aromatic heterocycles. The molecule has 0 aliphatic carbocycles. The largest absolute Gasteiger partial charge is 0.495 e. The van der Waals surface area contributed by atoms with Crippen molar-refractivity contribution < 1.29 is 23.8 Å². The summed E-state index contributed by atoms with van der Waals surface area (Å²) in [6.07, 6.45) is 0.118. The molecule has 8 nitrogen and oxygen atoms in total. The molecule has 2 aliphatic rings. The van der Waals surface area contributed by atoms with Gasteiger partial charge in [0.05, 0.1) is 30.1 Å². The van der Waals surface area contributed by atoms with E-state index in [1.807, 2.05) is 25.1 Å². The van der Waals surface area contributed by atoms with Gasteiger partial charge in [0.2, 0.25) is 18.6 Å². The first kappa shape index (κ1) is 18.0. The highest BCUT2D eigenvalue weighted by atomic mass is 16.7. The Balaban J connectivity index is 1.52. The van der Waals surface area contributed by atoms with Gasteiger partial charge in [-0.1, -0.05) is 6.07 Å². The van der Waals surface area contributed by atoms with Gasteiger partial charge in [-0.25, -0.2) is 0 Å². The smallest absolute Gasteiger partial charge is 0.231 e. The molecule has 28 heavy (non-hydrogen) atoms. The molecule has 0 bridgehead atoms. The van der Waals surface area contributed by atoms with Crippen molar-refractivity contribution in [2.75, 3.05) is 36.4 Å². The van der Waals surface area contributed by atoms with Gasteiger partial charge >= 0.3 is 0 Å². The molecule has 2 aromatic rings. The lowest BCUT2D eigenvalue weighted by molar-refractivity contribution is -0.122. The van der Waals surface area contributed by atoms with Gasteiger partial charge in [0.15, 0.2) is 11.5 Å². The van der Waals surface area contributed by atoms with Crippen LogP contribution in [0.25, 0.3) is 0 Å². The molecule has 1 fully saturated rings. The molecule has 2 aliphatic heterocycles. The van der Waals surface area contributed by atoms with Crippen LogP contribution >= 0.6 is 0 Å². The SMILES string of the molecule is COc1ccc(C)cc1N1CC(C(=O)Nc2cc3c(cc2N)OCO3)CC1=O. The minimum Gasteiger partial charge on any atom is -0.495 e. The molecular weight excluding hydrogens is 362 g/mol. The predicted molar refractivity (Wildman–Crippen MR) is 104 cm³/mol. The van der Waals surface area contributed by atoms with E-state index >= 15 is 0 Å². The number of carbonyl (C=O) groups excluding carboxylic acids is 2. The topological polar surface area (TPSA) is 103 Å². The molecule has 8 heteroatoms. The molecule has 4 rings (SSSR count). The lowest BCUT2D eigenvalue weighted by Crippen LogP contribution is -2.28. The second kappa shape index (κ2) is 6.95. The first-order chi connectivity index (χ1) is 13.5. The van der Waals surface area contributed by atoms with Crippen LogP contribution in [-0.2, 0) is 9.59 Å². The van der Waals surface area contributed by atoms with Crippen molar-refractivity contribution in [2.24, 2.45) is 5.92 Å². The maximum atomic E-state index is 12.8. The standard InChI is InChI=1S/C20H21N3O5/c1-11-3-4-16(26-2)15(5-11)23-9-12(6-19(23)24)20(25)22-14-8-18-17(7-13(14)21)27-10-28-18/h3-5,7-8,12H,6,9-10,21H2,1-2H3,(H,22,25). The lowest BCUT2D eigenvalue weighted by atomic mass is 10.1. The van der Waals surface area contributed by atoms with E-state index in [0.717, 1.165) is 5.56 Å². The zero-order chi connectivity index (χ0) is 19.8. The van der Waals surface area contributed by atoms with Gasteiger partial charge in [-0.05, 0) is 24.6 Å². The van der Waals surface area contributed by atoms with Crippen LogP contribution in [0, 0.1) is 12.8 Å². The minimum atomic E-state index is -0.498. The molecule has 146 valence electrons. The van der Waals surface area contributed by atoms with Crippen molar-refractivity contribution in [3.8, 4) is 17.2 Å². The average molecular weight is 383 g/mol.